The van der Waals surface area contributed by atoms with Crippen molar-refractivity contribution < 1.29 is 0 Å². The van der Waals surface area contributed by atoms with Crippen molar-refractivity contribution in [2.24, 2.45) is 0 Å². The van der Waals surface area contributed by atoms with E-state index in [1.54, 1.807) is 24.3 Å². The lowest BCUT2D eigenvalue weighted by Gasteiger charge is -2.10. The van der Waals surface area contributed by atoms with Crippen molar-refractivity contribution in [2.45, 2.75) is 19.8 Å². The van der Waals surface area contributed by atoms with Crippen molar-refractivity contribution >= 4 is 23.1 Å². The zero-order valence-corrected chi connectivity index (χ0v) is 12.3. The van der Waals surface area contributed by atoms with Gasteiger partial charge >= 0.3 is 0 Å². The van der Waals surface area contributed by atoms with Crippen molar-refractivity contribution in [3.8, 4) is 12.1 Å². The average Bonchev–Trinajstić information content (AvgIpc) is 2.46. The van der Waals surface area contributed by atoms with Gasteiger partial charge in [-0.1, -0.05) is 25.4 Å². The molecule has 104 valence electrons. The number of hydrogen-bond donors (Lipinski definition) is 1. The van der Waals surface area contributed by atoms with Gasteiger partial charge in [-0.25, -0.2) is 9.97 Å². The third-order valence-electron chi connectivity index (χ3n) is 2.76. The van der Waals surface area contributed by atoms with Crippen LogP contribution >= 0.6 is 11.6 Å². The van der Waals surface area contributed by atoms with Crippen LogP contribution in [0.4, 0.5) is 11.5 Å². The fourth-order valence-electron chi connectivity index (χ4n) is 1.72. The van der Waals surface area contributed by atoms with E-state index in [0.29, 0.717) is 33.6 Å². The quantitative estimate of drug-likeness (QED) is 0.872. The van der Waals surface area contributed by atoms with Gasteiger partial charge in [0.05, 0.1) is 11.1 Å². The summed E-state index contributed by atoms with van der Waals surface area (Å²) in [5.74, 6) is 1.34. The summed E-state index contributed by atoms with van der Waals surface area (Å²) in [6.07, 6.45) is 0. The molecular weight excluding hydrogens is 286 g/mol. The summed E-state index contributed by atoms with van der Waals surface area (Å²) in [5.41, 5.74) is 1.31. The van der Waals surface area contributed by atoms with E-state index in [2.05, 4.69) is 15.3 Å². The predicted octanol–water partition coefficient (Wildman–Crippen LogP) is 3.74. The van der Waals surface area contributed by atoms with E-state index in [9.17, 15) is 0 Å². The first kappa shape index (κ1) is 14.8. The van der Waals surface area contributed by atoms with Crippen LogP contribution < -0.4 is 5.32 Å². The summed E-state index contributed by atoms with van der Waals surface area (Å²) in [6.45, 7) is 3.95. The van der Waals surface area contributed by atoms with Crippen molar-refractivity contribution in [1.29, 1.82) is 10.5 Å². The van der Waals surface area contributed by atoms with E-state index in [0.717, 1.165) is 0 Å². The minimum atomic E-state index is 0.153. The van der Waals surface area contributed by atoms with Crippen LogP contribution in [0.3, 0.4) is 0 Å². The molecule has 21 heavy (non-hydrogen) atoms. The summed E-state index contributed by atoms with van der Waals surface area (Å²) in [6, 6.07) is 10.5. The van der Waals surface area contributed by atoms with E-state index in [4.69, 9.17) is 22.1 Å². The number of aromatic nitrogens is 2. The molecular formula is C15H12ClN5. The van der Waals surface area contributed by atoms with E-state index in [1.807, 2.05) is 26.0 Å². The maximum Gasteiger partial charge on any atom is 0.135 e. The van der Waals surface area contributed by atoms with Crippen LogP contribution in [-0.4, -0.2) is 9.97 Å². The highest BCUT2D eigenvalue weighted by atomic mass is 35.5. The molecule has 1 N–H and O–H groups in total. The Kier molecular flexibility index (Phi) is 4.37. The van der Waals surface area contributed by atoms with Crippen LogP contribution in [0.25, 0.3) is 0 Å². The van der Waals surface area contributed by atoms with E-state index in [1.165, 1.54) is 0 Å². The summed E-state index contributed by atoms with van der Waals surface area (Å²) >= 11 is 5.98. The number of nitrogens with zero attached hydrogens (tertiary/aromatic N) is 4. The number of rotatable bonds is 3. The Bertz CT molecular complexity index is 756. The molecule has 0 aliphatic heterocycles. The zero-order valence-electron chi connectivity index (χ0n) is 11.6. The molecule has 2 rings (SSSR count). The first-order valence-corrected chi connectivity index (χ1v) is 6.67. The maximum absolute atomic E-state index is 9.03. The average molecular weight is 298 g/mol. The van der Waals surface area contributed by atoms with Crippen LogP contribution in [0, 0.1) is 22.7 Å². The first-order chi connectivity index (χ1) is 10.0. The van der Waals surface area contributed by atoms with Crippen LogP contribution in [0.2, 0.25) is 5.15 Å². The fourth-order valence-corrected chi connectivity index (χ4v) is 1.91. The first-order valence-electron chi connectivity index (χ1n) is 6.29. The Morgan fingerprint density at radius 2 is 1.81 bits per heavy atom. The molecule has 0 aliphatic rings. The Morgan fingerprint density at radius 3 is 2.43 bits per heavy atom. The van der Waals surface area contributed by atoms with Crippen molar-refractivity contribution in [1.82, 2.24) is 9.97 Å². The lowest BCUT2D eigenvalue weighted by Crippen LogP contribution is -2.02. The van der Waals surface area contributed by atoms with Crippen molar-refractivity contribution in [2.75, 3.05) is 5.32 Å². The molecule has 0 bridgehead atoms. The van der Waals surface area contributed by atoms with E-state index >= 15 is 0 Å². The number of anilines is 2. The number of hydrogen-bond acceptors (Lipinski definition) is 5. The fraction of sp³-hybridized carbons (Fsp3) is 0.200. The topological polar surface area (TPSA) is 85.4 Å². The lowest BCUT2D eigenvalue weighted by atomic mass is 10.1. The van der Waals surface area contributed by atoms with Crippen LogP contribution in [0.5, 0.6) is 0 Å². The van der Waals surface area contributed by atoms with Crippen LogP contribution in [-0.2, 0) is 0 Å². The minimum absolute atomic E-state index is 0.153. The van der Waals surface area contributed by atoms with Gasteiger partial charge in [-0.15, -0.1) is 0 Å². The number of halogens is 1. The predicted molar refractivity (Wildman–Crippen MR) is 80.3 cm³/mol. The number of nitriles is 2. The van der Waals surface area contributed by atoms with Gasteiger partial charge in [0.2, 0.25) is 0 Å². The van der Waals surface area contributed by atoms with Crippen molar-refractivity contribution in [3.63, 3.8) is 0 Å². The van der Waals surface area contributed by atoms with Gasteiger partial charge in [0.1, 0.15) is 28.9 Å². The Hall–Kier alpha value is -2.63. The molecule has 0 radical (unpaired) electrons. The molecule has 2 aromatic rings. The second kappa shape index (κ2) is 6.21. The largest absolute Gasteiger partial charge is 0.340 e. The van der Waals surface area contributed by atoms with Gasteiger partial charge in [-0.05, 0) is 18.2 Å². The van der Waals surface area contributed by atoms with Gasteiger partial charge in [-0.3, -0.25) is 0 Å². The molecule has 0 atom stereocenters. The molecule has 1 heterocycles. The number of nitrogens with one attached hydrogen (secondary N) is 1. The highest BCUT2D eigenvalue weighted by molar-refractivity contribution is 6.29. The normalized spacial score (nSPS) is 10.0. The Balaban J connectivity index is 2.35. The number of benzene rings is 1. The Morgan fingerprint density at radius 1 is 1.10 bits per heavy atom. The van der Waals surface area contributed by atoms with E-state index in [-0.39, 0.29) is 5.92 Å². The smallest absolute Gasteiger partial charge is 0.135 e. The molecule has 1 aromatic heterocycles. The third kappa shape index (κ3) is 3.47. The summed E-state index contributed by atoms with van der Waals surface area (Å²) < 4.78 is 0. The van der Waals surface area contributed by atoms with Crippen LogP contribution in [0.1, 0.15) is 36.7 Å². The monoisotopic (exact) mass is 297 g/mol. The SMILES string of the molecule is CC(C)c1nc(Cl)cc(Nc2ccc(C#N)c(C#N)c2)n1. The van der Waals surface area contributed by atoms with Crippen molar-refractivity contribution in [3.05, 3.63) is 46.4 Å². The van der Waals surface area contributed by atoms with Gasteiger partial charge in [0.25, 0.3) is 0 Å². The minimum Gasteiger partial charge on any atom is -0.340 e. The lowest BCUT2D eigenvalue weighted by molar-refractivity contribution is 0.776. The molecule has 1 aromatic carbocycles. The Labute approximate surface area is 127 Å². The van der Waals surface area contributed by atoms with Gasteiger partial charge in [-0.2, -0.15) is 10.5 Å². The third-order valence-corrected chi connectivity index (χ3v) is 2.96. The van der Waals surface area contributed by atoms with Gasteiger partial charge < -0.3 is 5.32 Å². The highest BCUT2D eigenvalue weighted by Gasteiger charge is 2.08. The highest BCUT2D eigenvalue weighted by Crippen LogP contribution is 2.22. The molecule has 0 saturated heterocycles. The molecule has 0 saturated carbocycles. The van der Waals surface area contributed by atoms with Crippen LogP contribution in [0.15, 0.2) is 24.3 Å². The van der Waals surface area contributed by atoms with Gasteiger partial charge in [0, 0.05) is 17.7 Å². The molecule has 0 amide bonds. The molecule has 0 spiro atoms. The molecule has 0 fully saturated rings. The standard InChI is InChI=1S/C15H12ClN5/c1-9(2)15-20-13(16)6-14(21-15)19-12-4-3-10(7-17)11(5-12)8-18/h3-6,9H,1-2H3,(H,19,20,21). The molecule has 6 heteroatoms. The maximum atomic E-state index is 9.03. The summed E-state index contributed by atoms with van der Waals surface area (Å²) in [4.78, 5) is 8.53. The summed E-state index contributed by atoms with van der Waals surface area (Å²) in [7, 11) is 0. The second-order valence-electron chi connectivity index (χ2n) is 4.70. The van der Waals surface area contributed by atoms with E-state index < -0.39 is 0 Å². The molecule has 5 nitrogen and oxygen atoms in total. The summed E-state index contributed by atoms with van der Waals surface area (Å²) in [5, 5.41) is 21.4. The van der Waals surface area contributed by atoms with Gasteiger partial charge in [0.15, 0.2) is 0 Å². The zero-order chi connectivity index (χ0) is 15.4. The second-order valence-corrected chi connectivity index (χ2v) is 5.09. The molecule has 0 unspecified atom stereocenters. The molecule has 0 aliphatic carbocycles.